The van der Waals surface area contributed by atoms with Crippen LogP contribution in [0.4, 0.5) is 5.69 Å². The Kier molecular flexibility index (Phi) is 5.32. The molecule has 1 N–H and O–H groups in total. The molecule has 0 radical (unpaired) electrons. The minimum absolute atomic E-state index is 0.0771. The van der Waals surface area contributed by atoms with Gasteiger partial charge in [-0.1, -0.05) is 17.7 Å². The third-order valence-corrected chi connectivity index (χ3v) is 4.67. The van der Waals surface area contributed by atoms with Gasteiger partial charge in [-0.05, 0) is 38.6 Å². The second kappa shape index (κ2) is 7.66. The summed E-state index contributed by atoms with van der Waals surface area (Å²) < 4.78 is 0. The molecule has 136 valence electrons. The monoisotopic (exact) mass is 352 g/mol. The highest BCUT2D eigenvalue weighted by Crippen LogP contribution is 2.17. The lowest BCUT2D eigenvalue weighted by Crippen LogP contribution is -2.47. The van der Waals surface area contributed by atoms with E-state index < -0.39 is 0 Å². The lowest BCUT2D eigenvalue weighted by Gasteiger charge is -2.32. The molecule has 0 bridgehead atoms. The highest BCUT2D eigenvalue weighted by Gasteiger charge is 2.21. The number of pyridine rings is 1. The van der Waals surface area contributed by atoms with Crippen LogP contribution in [0.15, 0.2) is 36.7 Å². The third-order valence-electron chi connectivity index (χ3n) is 4.67. The largest absolute Gasteiger partial charge is 0.336 e. The van der Waals surface area contributed by atoms with E-state index in [1.54, 1.807) is 6.07 Å². The normalized spacial score (nSPS) is 15.0. The van der Waals surface area contributed by atoms with E-state index in [2.05, 4.69) is 15.2 Å². The Morgan fingerprint density at radius 3 is 2.38 bits per heavy atom. The number of anilines is 1. The van der Waals surface area contributed by atoms with Crippen LogP contribution in [0.2, 0.25) is 0 Å². The Morgan fingerprint density at radius 2 is 1.69 bits per heavy atom. The number of benzene rings is 1. The molecule has 6 nitrogen and oxygen atoms in total. The smallest absolute Gasteiger partial charge is 0.257 e. The number of hydrogen-bond acceptors (Lipinski definition) is 4. The molecule has 0 atom stereocenters. The number of nitrogens with zero attached hydrogens (tertiary/aromatic N) is 3. The summed E-state index contributed by atoms with van der Waals surface area (Å²) in [5.41, 5.74) is 3.72. The first-order valence-electron chi connectivity index (χ1n) is 8.75. The topological polar surface area (TPSA) is 65.5 Å². The van der Waals surface area contributed by atoms with Crippen molar-refractivity contribution in [2.24, 2.45) is 0 Å². The van der Waals surface area contributed by atoms with Gasteiger partial charge >= 0.3 is 0 Å². The zero-order valence-corrected chi connectivity index (χ0v) is 15.5. The molecular weight excluding hydrogens is 328 g/mol. The van der Waals surface area contributed by atoms with Gasteiger partial charge < -0.3 is 15.1 Å². The van der Waals surface area contributed by atoms with Gasteiger partial charge in [0, 0.05) is 44.3 Å². The fraction of sp³-hybridized carbons (Fsp3) is 0.350. The molecule has 6 heteroatoms. The zero-order valence-electron chi connectivity index (χ0n) is 15.5. The van der Waals surface area contributed by atoms with Crippen LogP contribution in [0.5, 0.6) is 0 Å². The van der Waals surface area contributed by atoms with Crippen LogP contribution in [0.3, 0.4) is 0 Å². The van der Waals surface area contributed by atoms with E-state index in [0.717, 1.165) is 29.9 Å². The van der Waals surface area contributed by atoms with E-state index >= 15 is 0 Å². The Bertz CT molecular complexity index is 826. The van der Waals surface area contributed by atoms with Crippen molar-refractivity contribution in [2.75, 3.05) is 38.5 Å². The van der Waals surface area contributed by atoms with E-state index in [0.29, 0.717) is 24.2 Å². The second-order valence-electron chi connectivity index (χ2n) is 6.83. The fourth-order valence-corrected chi connectivity index (χ4v) is 3.02. The maximum atomic E-state index is 12.7. The second-order valence-corrected chi connectivity index (χ2v) is 6.83. The third kappa shape index (κ3) is 4.08. The Labute approximate surface area is 153 Å². The number of carbonyl (C=O) groups excluding carboxylic acids is 2. The Balaban J connectivity index is 1.74. The predicted octanol–water partition coefficient (Wildman–Crippen LogP) is 2.34. The van der Waals surface area contributed by atoms with Crippen molar-refractivity contribution in [1.29, 1.82) is 0 Å². The van der Waals surface area contributed by atoms with E-state index in [-0.39, 0.29) is 11.8 Å². The van der Waals surface area contributed by atoms with Crippen LogP contribution in [0.25, 0.3) is 0 Å². The molecule has 1 aliphatic heterocycles. The number of hydrogen-bond donors (Lipinski definition) is 1. The molecule has 2 amide bonds. The fourth-order valence-electron chi connectivity index (χ4n) is 3.02. The standard InChI is InChI=1S/C20H24N4O2/c1-14-4-5-18(15(2)10-14)22-19(25)16-11-17(13-21-12-16)20(26)24-8-6-23(3)7-9-24/h4-5,10-13H,6-9H2,1-3H3,(H,22,25). The first-order chi connectivity index (χ1) is 12.4. The minimum Gasteiger partial charge on any atom is -0.336 e. The number of piperazine rings is 1. The van der Waals surface area contributed by atoms with Gasteiger partial charge in [0.15, 0.2) is 0 Å². The summed E-state index contributed by atoms with van der Waals surface area (Å²) in [6, 6.07) is 7.47. The number of aromatic nitrogens is 1. The maximum Gasteiger partial charge on any atom is 0.257 e. The summed E-state index contributed by atoms with van der Waals surface area (Å²) in [5.74, 6) is -0.343. The van der Waals surface area contributed by atoms with Crippen molar-refractivity contribution >= 4 is 17.5 Å². The van der Waals surface area contributed by atoms with Gasteiger partial charge in [0.1, 0.15) is 0 Å². The van der Waals surface area contributed by atoms with Crippen molar-refractivity contribution in [3.05, 3.63) is 58.9 Å². The van der Waals surface area contributed by atoms with E-state index in [9.17, 15) is 9.59 Å². The molecule has 26 heavy (non-hydrogen) atoms. The maximum absolute atomic E-state index is 12.7. The number of nitrogens with one attached hydrogen (secondary N) is 1. The molecule has 0 aliphatic carbocycles. The number of amides is 2. The molecular formula is C20H24N4O2. The molecule has 1 fully saturated rings. The predicted molar refractivity (Wildman–Crippen MR) is 102 cm³/mol. The quantitative estimate of drug-likeness (QED) is 0.921. The van der Waals surface area contributed by atoms with Gasteiger partial charge in [0.25, 0.3) is 11.8 Å². The molecule has 0 unspecified atom stereocenters. The molecule has 1 aromatic heterocycles. The highest BCUT2D eigenvalue weighted by atomic mass is 16.2. The summed E-state index contributed by atoms with van der Waals surface area (Å²) in [6.07, 6.45) is 3.01. The average molecular weight is 352 g/mol. The molecule has 3 rings (SSSR count). The van der Waals surface area contributed by atoms with Crippen LogP contribution in [0.1, 0.15) is 31.8 Å². The molecule has 2 heterocycles. The van der Waals surface area contributed by atoms with Gasteiger partial charge in [-0.15, -0.1) is 0 Å². The van der Waals surface area contributed by atoms with Gasteiger partial charge in [-0.2, -0.15) is 0 Å². The van der Waals surface area contributed by atoms with Gasteiger partial charge in [0.2, 0.25) is 0 Å². The number of aryl methyl sites for hydroxylation is 2. The van der Waals surface area contributed by atoms with E-state index in [1.807, 2.05) is 44.0 Å². The first-order valence-corrected chi connectivity index (χ1v) is 8.75. The molecule has 1 saturated heterocycles. The zero-order chi connectivity index (χ0) is 18.7. The summed E-state index contributed by atoms with van der Waals surface area (Å²) in [5, 5.41) is 2.89. The van der Waals surface area contributed by atoms with E-state index in [1.165, 1.54) is 12.4 Å². The lowest BCUT2D eigenvalue weighted by atomic mass is 10.1. The lowest BCUT2D eigenvalue weighted by molar-refractivity contribution is 0.0663. The van der Waals surface area contributed by atoms with Crippen molar-refractivity contribution in [3.63, 3.8) is 0 Å². The van der Waals surface area contributed by atoms with Crippen molar-refractivity contribution in [1.82, 2.24) is 14.8 Å². The highest BCUT2D eigenvalue weighted by molar-refractivity contribution is 6.06. The summed E-state index contributed by atoms with van der Waals surface area (Å²) in [7, 11) is 2.04. The van der Waals surface area contributed by atoms with Crippen molar-refractivity contribution in [2.45, 2.75) is 13.8 Å². The van der Waals surface area contributed by atoms with Gasteiger partial charge in [-0.25, -0.2) is 0 Å². The number of carbonyl (C=O) groups is 2. The molecule has 1 aromatic carbocycles. The van der Waals surface area contributed by atoms with Gasteiger partial charge in [0.05, 0.1) is 11.1 Å². The first kappa shape index (κ1) is 18.1. The Morgan fingerprint density at radius 1 is 1.00 bits per heavy atom. The minimum atomic E-state index is -0.266. The van der Waals surface area contributed by atoms with Crippen LogP contribution in [0, 0.1) is 13.8 Å². The molecule has 0 spiro atoms. The molecule has 2 aromatic rings. The molecule has 1 aliphatic rings. The summed E-state index contributed by atoms with van der Waals surface area (Å²) >= 11 is 0. The SMILES string of the molecule is Cc1ccc(NC(=O)c2cncc(C(=O)N3CCN(C)CC3)c2)c(C)c1. The summed E-state index contributed by atoms with van der Waals surface area (Å²) in [6.45, 7) is 7.05. The molecule has 0 saturated carbocycles. The van der Waals surface area contributed by atoms with Crippen molar-refractivity contribution < 1.29 is 9.59 Å². The average Bonchev–Trinajstić information content (AvgIpc) is 2.64. The number of likely N-dealkylation sites (N-methyl/N-ethyl adjacent to an activating group) is 1. The van der Waals surface area contributed by atoms with Crippen molar-refractivity contribution in [3.8, 4) is 0 Å². The van der Waals surface area contributed by atoms with Crippen LogP contribution in [-0.2, 0) is 0 Å². The van der Waals surface area contributed by atoms with Gasteiger partial charge in [-0.3, -0.25) is 14.6 Å². The van der Waals surface area contributed by atoms with Crippen LogP contribution >= 0.6 is 0 Å². The van der Waals surface area contributed by atoms with Crippen LogP contribution in [-0.4, -0.2) is 59.8 Å². The van der Waals surface area contributed by atoms with Crippen LogP contribution < -0.4 is 5.32 Å². The number of rotatable bonds is 3. The van der Waals surface area contributed by atoms with E-state index in [4.69, 9.17) is 0 Å². The Hall–Kier alpha value is -2.73. The summed E-state index contributed by atoms with van der Waals surface area (Å²) in [4.78, 5) is 33.3.